The second-order valence-corrected chi connectivity index (χ2v) is 5.81. The average Bonchev–Trinajstić information content (AvgIpc) is 2.14. The first-order valence-corrected chi connectivity index (χ1v) is 5.96. The molecule has 0 aromatic heterocycles. The molecule has 0 heterocycles. The number of carbonyl (C=O) groups is 1. The van der Waals surface area contributed by atoms with Crippen LogP contribution in [0.25, 0.3) is 0 Å². The summed E-state index contributed by atoms with van der Waals surface area (Å²) in [5, 5.41) is 9.30. The Labute approximate surface area is 104 Å². The molecule has 1 N–H and O–H groups in total. The van der Waals surface area contributed by atoms with Crippen LogP contribution in [0.2, 0.25) is 0 Å². The summed E-state index contributed by atoms with van der Waals surface area (Å²) < 4.78 is 44.4. The maximum atomic E-state index is 13.2. The van der Waals surface area contributed by atoms with Crippen molar-refractivity contribution in [3.05, 3.63) is 0 Å². The molecule has 0 unspecified atom stereocenters. The number of aliphatic hydroxyl groups excluding tert-OH is 1. The number of aliphatic hydroxyl groups is 1. The molecule has 1 saturated carbocycles. The molecule has 0 aliphatic heterocycles. The highest BCUT2D eigenvalue weighted by Gasteiger charge is 2.62. The lowest BCUT2D eigenvalue weighted by Gasteiger charge is -2.39. The first-order chi connectivity index (χ1) is 7.98. The highest BCUT2D eigenvalue weighted by Crippen LogP contribution is 2.50. The molecule has 0 radical (unpaired) electrons. The molecule has 106 valence electrons. The van der Waals surface area contributed by atoms with Crippen LogP contribution in [0.1, 0.15) is 46.5 Å². The third kappa shape index (κ3) is 3.16. The molecule has 0 atom stereocenters. The molecule has 1 aliphatic carbocycles. The number of ether oxygens (including phenoxy) is 1. The van der Waals surface area contributed by atoms with Gasteiger partial charge < -0.3 is 9.84 Å². The maximum absolute atomic E-state index is 13.2. The van der Waals surface area contributed by atoms with Crippen molar-refractivity contribution in [1.82, 2.24) is 0 Å². The lowest BCUT2D eigenvalue weighted by atomic mass is 9.72. The summed E-state index contributed by atoms with van der Waals surface area (Å²) in [5.74, 6) is -1.23. The van der Waals surface area contributed by atoms with E-state index in [1.54, 1.807) is 0 Å². The van der Waals surface area contributed by atoms with Crippen LogP contribution < -0.4 is 0 Å². The number of halogens is 3. The van der Waals surface area contributed by atoms with E-state index in [-0.39, 0.29) is 12.8 Å². The zero-order valence-corrected chi connectivity index (χ0v) is 10.8. The van der Waals surface area contributed by atoms with Crippen LogP contribution in [0, 0.1) is 5.41 Å². The van der Waals surface area contributed by atoms with Crippen molar-refractivity contribution in [1.29, 1.82) is 0 Å². The molecule has 18 heavy (non-hydrogen) atoms. The Balaban J connectivity index is 2.96. The number of esters is 1. The fraction of sp³-hybridized carbons (Fsp3) is 0.917. The van der Waals surface area contributed by atoms with Crippen molar-refractivity contribution in [2.24, 2.45) is 5.41 Å². The van der Waals surface area contributed by atoms with E-state index in [2.05, 4.69) is 0 Å². The van der Waals surface area contributed by atoms with E-state index in [4.69, 9.17) is 4.74 Å². The van der Waals surface area contributed by atoms with Crippen LogP contribution in [-0.4, -0.2) is 29.0 Å². The number of hydrogen-bond acceptors (Lipinski definition) is 3. The number of alkyl halides is 3. The molecule has 3 nitrogen and oxygen atoms in total. The van der Waals surface area contributed by atoms with Gasteiger partial charge in [0.1, 0.15) is 5.60 Å². The first-order valence-electron chi connectivity index (χ1n) is 5.96. The van der Waals surface area contributed by atoms with E-state index in [0.29, 0.717) is 0 Å². The molecule has 6 heteroatoms. The van der Waals surface area contributed by atoms with E-state index in [0.717, 1.165) is 0 Å². The van der Waals surface area contributed by atoms with Gasteiger partial charge in [0.05, 0.1) is 6.10 Å². The molecule has 1 rings (SSSR count). The van der Waals surface area contributed by atoms with Crippen LogP contribution >= 0.6 is 0 Å². The molecular formula is C12H19F3O3. The summed E-state index contributed by atoms with van der Waals surface area (Å²) in [5.41, 5.74) is -3.41. The predicted molar refractivity (Wildman–Crippen MR) is 58.8 cm³/mol. The van der Waals surface area contributed by atoms with Gasteiger partial charge in [0.25, 0.3) is 0 Å². The van der Waals surface area contributed by atoms with Gasteiger partial charge >= 0.3 is 12.1 Å². The topological polar surface area (TPSA) is 46.5 Å². The van der Waals surface area contributed by atoms with Gasteiger partial charge in [-0.15, -0.1) is 0 Å². The lowest BCUT2D eigenvalue weighted by Crippen LogP contribution is -2.50. The molecular weight excluding hydrogens is 249 g/mol. The quantitative estimate of drug-likeness (QED) is 0.744. The number of carbonyl (C=O) groups excluding carboxylic acids is 1. The van der Waals surface area contributed by atoms with E-state index in [1.165, 1.54) is 20.8 Å². The Morgan fingerprint density at radius 1 is 1.22 bits per heavy atom. The minimum atomic E-state index is -4.64. The van der Waals surface area contributed by atoms with Crippen molar-refractivity contribution < 1.29 is 27.8 Å². The van der Waals surface area contributed by atoms with Gasteiger partial charge in [0.2, 0.25) is 0 Å². The van der Waals surface area contributed by atoms with Gasteiger partial charge in [-0.05, 0) is 46.5 Å². The summed E-state index contributed by atoms with van der Waals surface area (Å²) in [6, 6.07) is 0. The highest BCUT2D eigenvalue weighted by atomic mass is 19.4. The van der Waals surface area contributed by atoms with Gasteiger partial charge in [0, 0.05) is 0 Å². The van der Waals surface area contributed by atoms with Crippen molar-refractivity contribution in [3.8, 4) is 0 Å². The predicted octanol–water partition coefficient (Wildman–Crippen LogP) is 2.81. The standard InChI is InChI=1S/C12H19F3O3/c1-10(2,3)18-9(17)11(12(13,14)15)6-4-8(16)5-7-11/h8,16H,4-7H2,1-3H3/t8-,11+. The summed E-state index contributed by atoms with van der Waals surface area (Å²) in [6.45, 7) is 4.60. The normalized spacial score (nSPS) is 30.1. The Bertz CT molecular complexity index is 310. The highest BCUT2D eigenvalue weighted by molar-refractivity contribution is 5.78. The van der Waals surface area contributed by atoms with Crippen LogP contribution in [0.3, 0.4) is 0 Å². The van der Waals surface area contributed by atoms with Crippen molar-refractivity contribution in [3.63, 3.8) is 0 Å². The van der Waals surface area contributed by atoms with Crippen molar-refractivity contribution >= 4 is 5.97 Å². The molecule has 1 fully saturated rings. The average molecular weight is 268 g/mol. The minimum absolute atomic E-state index is 0.0290. The SMILES string of the molecule is CC(C)(C)OC(=O)[C@]1(C(F)(F)F)CC[C@@H](O)CC1. The Morgan fingerprint density at radius 3 is 2.00 bits per heavy atom. The third-order valence-corrected chi connectivity index (χ3v) is 3.14. The molecule has 0 aromatic carbocycles. The fourth-order valence-corrected chi connectivity index (χ4v) is 2.07. The summed E-state index contributed by atoms with van der Waals surface area (Å²) >= 11 is 0. The zero-order valence-electron chi connectivity index (χ0n) is 10.8. The molecule has 0 bridgehead atoms. The Morgan fingerprint density at radius 2 is 1.67 bits per heavy atom. The maximum Gasteiger partial charge on any atom is 0.404 e. The summed E-state index contributed by atoms with van der Waals surface area (Å²) in [6.07, 6.45) is -6.28. The molecule has 0 saturated heterocycles. The van der Waals surface area contributed by atoms with Gasteiger partial charge in [-0.3, -0.25) is 4.79 Å². The second-order valence-electron chi connectivity index (χ2n) is 5.81. The van der Waals surface area contributed by atoms with Crippen LogP contribution in [0.15, 0.2) is 0 Å². The van der Waals surface area contributed by atoms with Gasteiger partial charge in [-0.25, -0.2) is 0 Å². The Kier molecular flexibility index (Phi) is 4.00. The van der Waals surface area contributed by atoms with Gasteiger partial charge in [-0.1, -0.05) is 0 Å². The largest absolute Gasteiger partial charge is 0.459 e. The van der Waals surface area contributed by atoms with Crippen LogP contribution in [0.5, 0.6) is 0 Å². The monoisotopic (exact) mass is 268 g/mol. The molecule has 0 amide bonds. The third-order valence-electron chi connectivity index (χ3n) is 3.14. The second kappa shape index (κ2) is 4.72. The van der Waals surface area contributed by atoms with Crippen LogP contribution in [0.4, 0.5) is 13.2 Å². The van der Waals surface area contributed by atoms with Crippen LogP contribution in [-0.2, 0) is 9.53 Å². The molecule has 0 spiro atoms. The van der Waals surface area contributed by atoms with Gasteiger partial charge in [0.15, 0.2) is 5.41 Å². The number of hydrogen-bond donors (Lipinski definition) is 1. The zero-order chi connectivity index (χ0) is 14.2. The molecule has 1 aliphatic rings. The van der Waals surface area contributed by atoms with Crippen molar-refractivity contribution in [2.75, 3.05) is 0 Å². The minimum Gasteiger partial charge on any atom is -0.459 e. The first kappa shape index (κ1) is 15.3. The Hall–Kier alpha value is -0.780. The van der Waals surface area contributed by atoms with E-state index in [9.17, 15) is 23.1 Å². The summed E-state index contributed by atoms with van der Waals surface area (Å²) in [7, 11) is 0. The van der Waals surface area contributed by atoms with E-state index >= 15 is 0 Å². The molecule has 0 aromatic rings. The summed E-state index contributed by atoms with van der Waals surface area (Å²) in [4.78, 5) is 11.9. The van der Waals surface area contributed by atoms with Crippen molar-refractivity contribution in [2.45, 2.75) is 64.3 Å². The lowest BCUT2D eigenvalue weighted by molar-refractivity contribution is -0.250. The van der Waals surface area contributed by atoms with E-state index in [1.807, 2.05) is 0 Å². The smallest absolute Gasteiger partial charge is 0.404 e. The number of rotatable bonds is 1. The van der Waals surface area contributed by atoms with Gasteiger partial charge in [-0.2, -0.15) is 13.2 Å². The fourth-order valence-electron chi connectivity index (χ4n) is 2.07. The van der Waals surface area contributed by atoms with E-state index < -0.39 is 42.1 Å².